The molecular formula is C27H35BrO6. The second-order valence-electron chi connectivity index (χ2n) is 9.21. The first-order chi connectivity index (χ1) is 16.4. The van der Waals surface area contributed by atoms with Crippen molar-refractivity contribution in [2.24, 2.45) is 5.92 Å². The molecule has 1 aliphatic carbocycles. The van der Waals surface area contributed by atoms with Crippen LogP contribution in [0.1, 0.15) is 88.4 Å². The summed E-state index contributed by atoms with van der Waals surface area (Å²) in [5, 5.41) is 0.236. The minimum atomic E-state index is -0.898. The van der Waals surface area contributed by atoms with Gasteiger partial charge in [-0.15, -0.1) is 0 Å². The molecule has 1 fully saturated rings. The van der Waals surface area contributed by atoms with Gasteiger partial charge in [-0.3, -0.25) is 0 Å². The molecule has 1 aliphatic heterocycles. The molecule has 1 saturated carbocycles. The van der Waals surface area contributed by atoms with E-state index in [0.717, 1.165) is 51.4 Å². The predicted molar refractivity (Wildman–Crippen MR) is 133 cm³/mol. The number of benzene rings is 1. The average molecular weight is 535 g/mol. The van der Waals surface area contributed by atoms with Crippen LogP contribution in [-0.4, -0.2) is 35.4 Å². The molecule has 0 saturated heterocycles. The van der Waals surface area contributed by atoms with Gasteiger partial charge >= 0.3 is 17.9 Å². The first kappa shape index (κ1) is 26.5. The lowest BCUT2D eigenvalue weighted by Gasteiger charge is -2.28. The van der Waals surface area contributed by atoms with Crippen molar-refractivity contribution in [2.75, 3.05) is 11.9 Å². The molecule has 1 aromatic rings. The molecule has 1 atom stereocenters. The summed E-state index contributed by atoms with van der Waals surface area (Å²) < 4.78 is 16.9. The van der Waals surface area contributed by atoms with E-state index in [1.165, 1.54) is 0 Å². The van der Waals surface area contributed by atoms with Crippen LogP contribution in [0, 0.1) is 5.92 Å². The molecule has 1 unspecified atom stereocenters. The summed E-state index contributed by atoms with van der Waals surface area (Å²) >= 11 is 3.33. The summed E-state index contributed by atoms with van der Waals surface area (Å²) in [4.78, 5) is 38.1. The number of hydrogen-bond donors (Lipinski definition) is 0. The van der Waals surface area contributed by atoms with Crippen LogP contribution >= 0.6 is 15.9 Å². The fraction of sp³-hybridized carbons (Fsp3) is 0.593. The van der Waals surface area contributed by atoms with Crippen LogP contribution in [0.4, 0.5) is 0 Å². The second-order valence-corrected chi connectivity index (χ2v) is 9.77. The Morgan fingerprint density at radius 3 is 2.32 bits per heavy atom. The maximum atomic E-state index is 13.2. The molecule has 0 bridgehead atoms. The van der Waals surface area contributed by atoms with Crippen molar-refractivity contribution in [1.29, 1.82) is 0 Å². The van der Waals surface area contributed by atoms with E-state index in [0.29, 0.717) is 47.8 Å². The van der Waals surface area contributed by atoms with Gasteiger partial charge in [-0.2, -0.15) is 0 Å². The van der Waals surface area contributed by atoms with E-state index in [1.54, 1.807) is 24.3 Å². The third-order valence-corrected chi connectivity index (χ3v) is 7.40. The molecule has 1 heterocycles. The fourth-order valence-electron chi connectivity index (χ4n) is 4.74. The molecule has 1 spiro atoms. The first-order valence-corrected chi connectivity index (χ1v) is 13.6. The van der Waals surface area contributed by atoms with Crippen LogP contribution < -0.4 is 4.74 Å². The van der Waals surface area contributed by atoms with Crippen LogP contribution in [0.25, 0.3) is 0 Å². The average Bonchev–Trinajstić information content (AvgIpc) is 2.95. The third kappa shape index (κ3) is 6.29. The van der Waals surface area contributed by atoms with E-state index < -0.39 is 17.5 Å². The van der Waals surface area contributed by atoms with Crippen LogP contribution in [0.2, 0.25) is 0 Å². The summed E-state index contributed by atoms with van der Waals surface area (Å²) in [5.74, 6) is -0.731. The van der Waals surface area contributed by atoms with Crippen molar-refractivity contribution < 1.29 is 28.6 Å². The molecule has 0 N–H and O–H groups in total. The standard InChI is InChI=1S/C27H35BrO6/c1-3-5-10-19(4-2)18-32-24(29)20-11-13-21(14-12-20)33-26(31)23-22(17-28)25(30)34-27(23)15-8-6-7-9-16-27/h11-14,19H,3-10,15-18H2,1-2H3. The van der Waals surface area contributed by atoms with Gasteiger partial charge in [0.15, 0.2) is 0 Å². The molecule has 7 heteroatoms. The van der Waals surface area contributed by atoms with Crippen LogP contribution in [0.15, 0.2) is 35.4 Å². The van der Waals surface area contributed by atoms with Crippen molar-refractivity contribution >= 4 is 33.8 Å². The topological polar surface area (TPSA) is 78.9 Å². The second kappa shape index (κ2) is 12.5. The Morgan fingerprint density at radius 1 is 1.06 bits per heavy atom. The Hall–Kier alpha value is -2.15. The normalized spacial score (nSPS) is 18.4. The fourth-order valence-corrected chi connectivity index (χ4v) is 5.25. The summed E-state index contributed by atoms with van der Waals surface area (Å²) in [5.41, 5.74) is 0.175. The number of rotatable bonds is 10. The smallest absolute Gasteiger partial charge is 0.344 e. The van der Waals surface area contributed by atoms with Gasteiger partial charge in [0.05, 0.1) is 23.3 Å². The van der Waals surface area contributed by atoms with E-state index in [2.05, 4.69) is 29.8 Å². The van der Waals surface area contributed by atoms with E-state index in [4.69, 9.17) is 14.2 Å². The number of alkyl halides is 1. The van der Waals surface area contributed by atoms with Crippen molar-refractivity contribution in [1.82, 2.24) is 0 Å². The molecule has 2 aliphatic rings. The summed E-state index contributed by atoms with van der Waals surface area (Å²) in [6.45, 7) is 4.67. The van der Waals surface area contributed by atoms with Gasteiger partial charge in [-0.05, 0) is 62.3 Å². The van der Waals surface area contributed by atoms with Gasteiger partial charge in [0.1, 0.15) is 11.4 Å². The molecule has 6 nitrogen and oxygen atoms in total. The van der Waals surface area contributed by atoms with E-state index in [-0.39, 0.29) is 11.3 Å². The zero-order valence-electron chi connectivity index (χ0n) is 20.2. The van der Waals surface area contributed by atoms with E-state index >= 15 is 0 Å². The first-order valence-electron chi connectivity index (χ1n) is 12.5. The van der Waals surface area contributed by atoms with Gasteiger partial charge in [0.2, 0.25) is 0 Å². The van der Waals surface area contributed by atoms with Crippen molar-refractivity contribution in [3.05, 3.63) is 41.0 Å². The maximum absolute atomic E-state index is 13.2. The lowest BCUT2D eigenvalue weighted by molar-refractivity contribution is -0.149. The van der Waals surface area contributed by atoms with Gasteiger partial charge in [-0.1, -0.05) is 61.9 Å². The number of esters is 3. The minimum Gasteiger partial charge on any atom is -0.462 e. The molecule has 0 aromatic heterocycles. The quantitative estimate of drug-likeness (QED) is 0.199. The van der Waals surface area contributed by atoms with Gasteiger partial charge < -0.3 is 14.2 Å². The van der Waals surface area contributed by atoms with Crippen molar-refractivity contribution in [3.63, 3.8) is 0 Å². The van der Waals surface area contributed by atoms with Crippen LogP contribution in [0.5, 0.6) is 5.75 Å². The number of halogens is 1. The lowest BCUT2D eigenvalue weighted by Crippen LogP contribution is -2.36. The molecule has 0 amide bonds. The molecule has 186 valence electrons. The summed E-state index contributed by atoms with van der Waals surface area (Å²) in [6, 6.07) is 6.34. The zero-order valence-corrected chi connectivity index (χ0v) is 21.8. The van der Waals surface area contributed by atoms with Crippen molar-refractivity contribution in [3.8, 4) is 5.75 Å². The number of carbonyl (C=O) groups excluding carboxylic acids is 3. The van der Waals surface area contributed by atoms with E-state index in [9.17, 15) is 14.4 Å². The Balaban J connectivity index is 1.67. The van der Waals surface area contributed by atoms with Gasteiger partial charge in [0, 0.05) is 5.33 Å². The van der Waals surface area contributed by atoms with Crippen LogP contribution in [0.3, 0.4) is 0 Å². The largest absolute Gasteiger partial charge is 0.462 e. The van der Waals surface area contributed by atoms with E-state index in [1.807, 2.05) is 0 Å². The number of hydrogen-bond acceptors (Lipinski definition) is 6. The predicted octanol–water partition coefficient (Wildman–Crippen LogP) is 6.31. The van der Waals surface area contributed by atoms with Crippen LogP contribution in [-0.2, 0) is 19.1 Å². The number of carbonyl (C=O) groups is 3. The molecular weight excluding hydrogens is 500 g/mol. The highest BCUT2D eigenvalue weighted by Crippen LogP contribution is 2.44. The lowest BCUT2D eigenvalue weighted by atomic mass is 9.85. The minimum absolute atomic E-state index is 0.236. The Bertz CT molecular complexity index is 896. The van der Waals surface area contributed by atoms with Gasteiger partial charge in [0.25, 0.3) is 0 Å². The van der Waals surface area contributed by atoms with Crippen molar-refractivity contribution in [2.45, 2.75) is 83.7 Å². The molecule has 3 rings (SSSR count). The number of ether oxygens (including phenoxy) is 3. The molecule has 1 aromatic carbocycles. The highest BCUT2D eigenvalue weighted by atomic mass is 79.9. The highest BCUT2D eigenvalue weighted by Gasteiger charge is 2.50. The monoisotopic (exact) mass is 534 g/mol. The Kier molecular flexibility index (Phi) is 9.74. The number of unbranched alkanes of at least 4 members (excludes halogenated alkanes) is 1. The highest BCUT2D eigenvalue weighted by molar-refractivity contribution is 9.09. The summed E-state index contributed by atoms with van der Waals surface area (Å²) in [7, 11) is 0. The molecule has 0 radical (unpaired) electrons. The third-order valence-electron chi connectivity index (χ3n) is 6.83. The zero-order chi connectivity index (χ0) is 24.6. The van der Waals surface area contributed by atoms with Gasteiger partial charge in [-0.25, -0.2) is 14.4 Å². The Labute approximate surface area is 210 Å². The summed E-state index contributed by atoms with van der Waals surface area (Å²) in [6.07, 6.45) is 9.43. The SMILES string of the molecule is CCCCC(CC)COC(=O)c1ccc(OC(=O)C2=C(CBr)C(=O)OC23CCCCCC3)cc1. The maximum Gasteiger partial charge on any atom is 0.344 e. The molecule has 34 heavy (non-hydrogen) atoms. The Morgan fingerprint density at radius 2 is 1.74 bits per heavy atom.